The van der Waals surface area contributed by atoms with Crippen molar-refractivity contribution < 1.29 is 19.2 Å². The van der Waals surface area contributed by atoms with Crippen LogP contribution in [0.4, 0.5) is 11.4 Å². The van der Waals surface area contributed by atoms with Crippen molar-refractivity contribution in [2.45, 2.75) is 19.4 Å². The van der Waals surface area contributed by atoms with Gasteiger partial charge < -0.3 is 14.5 Å². The smallest absolute Gasteiger partial charge is 0.292 e. The van der Waals surface area contributed by atoms with Crippen molar-refractivity contribution in [3.8, 4) is 5.75 Å². The Kier molecular flexibility index (Phi) is 5.74. The molecule has 1 N–H and O–H groups in total. The molecule has 2 aliphatic heterocycles. The monoisotopic (exact) mass is 414 g/mol. The van der Waals surface area contributed by atoms with E-state index in [9.17, 15) is 9.59 Å². The first-order chi connectivity index (χ1) is 14.1. The molecule has 0 aliphatic carbocycles. The highest BCUT2D eigenvalue weighted by Crippen LogP contribution is 2.26. The molecular formula is C22H25ClN3O3+. The Morgan fingerprint density at radius 3 is 2.48 bits per heavy atom. The molecular weight excluding hydrogens is 390 g/mol. The van der Waals surface area contributed by atoms with Crippen molar-refractivity contribution in [1.82, 2.24) is 0 Å². The van der Waals surface area contributed by atoms with Crippen LogP contribution in [0, 0.1) is 0 Å². The molecule has 0 aromatic heterocycles. The number of hydrogen-bond donors (Lipinski definition) is 1. The van der Waals surface area contributed by atoms with Crippen molar-refractivity contribution in [3.63, 3.8) is 0 Å². The van der Waals surface area contributed by atoms with Gasteiger partial charge in [0.1, 0.15) is 5.75 Å². The van der Waals surface area contributed by atoms with Crippen LogP contribution < -0.4 is 19.4 Å². The fourth-order valence-electron chi connectivity index (χ4n) is 4.15. The van der Waals surface area contributed by atoms with Crippen molar-refractivity contribution in [1.29, 1.82) is 0 Å². The van der Waals surface area contributed by atoms with Gasteiger partial charge in [0.05, 0.1) is 44.9 Å². The summed E-state index contributed by atoms with van der Waals surface area (Å²) in [5.41, 5.74) is 1.73. The number of halogens is 1. The normalized spacial score (nSPS) is 20.4. The number of quaternary nitrogens is 1. The van der Waals surface area contributed by atoms with Crippen molar-refractivity contribution >= 4 is 34.8 Å². The number of benzene rings is 2. The molecule has 2 heterocycles. The van der Waals surface area contributed by atoms with Gasteiger partial charge in [0.15, 0.2) is 6.04 Å². The minimum atomic E-state index is -0.314. The van der Waals surface area contributed by atoms with E-state index in [1.807, 2.05) is 43.3 Å². The van der Waals surface area contributed by atoms with Gasteiger partial charge in [0.2, 0.25) is 5.91 Å². The molecule has 2 aromatic rings. The number of nitrogens with one attached hydrogen (secondary N) is 1. The Balaban J connectivity index is 1.43. The lowest BCUT2D eigenvalue weighted by Gasteiger charge is -2.35. The average molecular weight is 415 g/mol. The van der Waals surface area contributed by atoms with Gasteiger partial charge >= 0.3 is 0 Å². The molecule has 2 amide bonds. The molecule has 4 rings (SSSR count). The number of rotatable bonds is 5. The summed E-state index contributed by atoms with van der Waals surface area (Å²) < 4.78 is 5.51. The number of anilines is 2. The summed E-state index contributed by atoms with van der Waals surface area (Å²) in [6.45, 7) is 5.76. The van der Waals surface area contributed by atoms with Gasteiger partial charge in [0.25, 0.3) is 5.91 Å². The van der Waals surface area contributed by atoms with Gasteiger partial charge in [-0.05, 0) is 43.3 Å². The fourth-order valence-corrected chi connectivity index (χ4v) is 4.28. The second-order valence-electron chi connectivity index (χ2n) is 7.38. The van der Waals surface area contributed by atoms with Gasteiger partial charge in [-0.25, -0.2) is 4.90 Å². The predicted octanol–water partition coefficient (Wildman–Crippen LogP) is 1.78. The molecule has 1 atom stereocenters. The number of imide groups is 1. The van der Waals surface area contributed by atoms with E-state index in [2.05, 4.69) is 4.90 Å². The van der Waals surface area contributed by atoms with Crippen LogP contribution >= 0.6 is 11.6 Å². The van der Waals surface area contributed by atoms with E-state index in [0.717, 1.165) is 36.9 Å². The molecule has 0 radical (unpaired) electrons. The van der Waals surface area contributed by atoms with Gasteiger partial charge in [-0.2, -0.15) is 0 Å². The third-order valence-electron chi connectivity index (χ3n) is 5.62. The summed E-state index contributed by atoms with van der Waals surface area (Å²) in [7, 11) is 0. The minimum Gasteiger partial charge on any atom is -0.494 e. The number of piperazine rings is 1. The van der Waals surface area contributed by atoms with Crippen LogP contribution in [0.1, 0.15) is 13.3 Å². The molecule has 2 saturated heterocycles. The van der Waals surface area contributed by atoms with Crippen LogP contribution in [0.2, 0.25) is 5.02 Å². The summed E-state index contributed by atoms with van der Waals surface area (Å²) in [5.74, 6) is 0.415. The first-order valence-electron chi connectivity index (χ1n) is 10.0. The first kappa shape index (κ1) is 19.7. The van der Waals surface area contributed by atoms with Gasteiger partial charge in [0, 0.05) is 16.8 Å². The van der Waals surface area contributed by atoms with E-state index in [1.54, 1.807) is 12.1 Å². The highest BCUT2D eigenvalue weighted by molar-refractivity contribution is 6.30. The Morgan fingerprint density at radius 2 is 1.79 bits per heavy atom. The van der Waals surface area contributed by atoms with Crippen LogP contribution in [0.3, 0.4) is 0 Å². The maximum absolute atomic E-state index is 13.1. The van der Waals surface area contributed by atoms with Crippen molar-refractivity contribution in [2.24, 2.45) is 0 Å². The Bertz CT molecular complexity index is 894. The summed E-state index contributed by atoms with van der Waals surface area (Å²) in [5, 5.41) is 0.724. The number of amides is 2. The maximum Gasteiger partial charge on any atom is 0.292 e. The molecule has 152 valence electrons. The van der Waals surface area contributed by atoms with E-state index in [-0.39, 0.29) is 24.3 Å². The maximum atomic E-state index is 13.1. The molecule has 2 aromatic carbocycles. The molecule has 0 saturated carbocycles. The van der Waals surface area contributed by atoms with Crippen LogP contribution in [-0.4, -0.2) is 50.6 Å². The molecule has 1 unspecified atom stereocenters. The second kappa shape index (κ2) is 8.43. The minimum absolute atomic E-state index is 0.112. The molecule has 2 fully saturated rings. The molecule has 6 nitrogen and oxygen atoms in total. The molecule has 2 aliphatic rings. The van der Waals surface area contributed by atoms with Crippen molar-refractivity contribution in [3.05, 3.63) is 53.6 Å². The van der Waals surface area contributed by atoms with E-state index >= 15 is 0 Å². The quantitative estimate of drug-likeness (QED) is 0.758. The van der Waals surface area contributed by atoms with Crippen LogP contribution in [0.25, 0.3) is 0 Å². The number of hydrogen-bond acceptors (Lipinski definition) is 4. The third-order valence-corrected chi connectivity index (χ3v) is 5.88. The summed E-state index contributed by atoms with van der Waals surface area (Å²) in [4.78, 5) is 30.5. The zero-order valence-corrected chi connectivity index (χ0v) is 17.2. The number of carbonyl (C=O) groups is 2. The number of carbonyl (C=O) groups excluding carboxylic acids is 2. The number of nitrogens with zero attached hydrogens (tertiary/aromatic N) is 2. The highest BCUT2D eigenvalue weighted by Gasteiger charge is 2.46. The number of ether oxygens (including phenoxy) is 1. The Morgan fingerprint density at radius 1 is 1.07 bits per heavy atom. The lowest BCUT2D eigenvalue weighted by Crippen LogP contribution is -3.19. The summed E-state index contributed by atoms with van der Waals surface area (Å²) in [6.07, 6.45) is 0.258. The zero-order valence-electron chi connectivity index (χ0n) is 16.4. The second-order valence-corrected chi connectivity index (χ2v) is 7.81. The van der Waals surface area contributed by atoms with E-state index in [4.69, 9.17) is 16.3 Å². The van der Waals surface area contributed by atoms with Gasteiger partial charge in [-0.1, -0.05) is 17.7 Å². The SMILES string of the molecule is CCOc1cccc(N2C(=O)CC([NH+]3CCN(c4ccc(Cl)cc4)CC3)C2=O)c1. The summed E-state index contributed by atoms with van der Waals surface area (Å²) >= 11 is 5.98. The first-order valence-corrected chi connectivity index (χ1v) is 10.4. The molecule has 0 bridgehead atoms. The Hall–Kier alpha value is -2.57. The molecule has 7 heteroatoms. The standard InChI is InChI=1S/C22H24ClN3O3/c1-2-29-19-5-3-4-18(14-19)26-21(27)15-20(22(26)28)25-12-10-24(11-13-25)17-8-6-16(23)7-9-17/h3-9,14,20H,2,10-13,15H2,1H3/p+1. The highest BCUT2D eigenvalue weighted by atomic mass is 35.5. The zero-order chi connectivity index (χ0) is 20.4. The van der Waals surface area contributed by atoms with Crippen LogP contribution in [0.15, 0.2) is 48.5 Å². The Labute approximate surface area is 175 Å². The largest absolute Gasteiger partial charge is 0.494 e. The van der Waals surface area contributed by atoms with Gasteiger partial charge in [-0.15, -0.1) is 0 Å². The third kappa shape index (κ3) is 4.09. The fraction of sp³-hybridized carbons (Fsp3) is 0.364. The van der Waals surface area contributed by atoms with E-state index in [0.29, 0.717) is 18.0 Å². The van der Waals surface area contributed by atoms with Crippen LogP contribution in [-0.2, 0) is 9.59 Å². The van der Waals surface area contributed by atoms with Gasteiger partial charge in [-0.3, -0.25) is 9.59 Å². The lowest BCUT2D eigenvalue weighted by atomic mass is 10.1. The topological polar surface area (TPSA) is 54.3 Å². The van der Waals surface area contributed by atoms with Crippen LogP contribution in [0.5, 0.6) is 5.75 Å². The average Bonchev–Trinajstić information content (AvgIpc) is 3.03. The van der Waals surface area contributed by atoms with E-state index in [1.165, 1.54) is 9.80 Å². The van der Waals surface area contributed by atoms with Crippen molar-refractivity contribution in [2.75, 3.05) is 42.6 Å². The predicted molar refractivity (Wildman–Crippen MR) is 113 cm³/mol. The molecule has 29 heavy (non-hydrogen) atoms. The lowest BCUT2D eigenvalue weighted by molar-refractivity contribution is -0.915. The summed E-state index contributed by atoms with van der Waals surface area (Å²) in [6, 6.07) is 14.7. The molecule has 0 spiro atoms. The van der Waals surface area contributed by atoms with E-state index < -0.39 is 0 Å².